The molecule has 0 atom stereocenters. The summed E-state index contributed by atoms with van der Waals surface area (Å²) in [4.78, 5) is 4.31. The highest BCUT2D eigenvalue weighted by molar-refractivity contribution is 6.17. The van der Waals surface area contributed by atoms with Gasteiger partial charge < -0.3 is 4.74 Å². The zero-order valence-corrected chi connectivity index (χ0v) is 11.5. The molecule has 0 bridgehead atoms. The molecule has 0 saturated carbocycles. The van der Waals surface area contributed by atoms with Crippen molar-refractivity contribution in [2.45, 2.75) is 32.7 Å². The molecule has 0 aromatic carbocycles. The van der Waals surface area contributed by atoms with E-state index in [9.17, 15) is 0 Å². The van der Waals surface area contributed by atoms with Crippen LogP contribution in [-0.4, -0.2) is 14.8 Å². The zero-order chi connectivity index (χ0) is 13.1. The lowest BCUT2D eigenvalue weighted by Crippen LogP contribution is -1.99. The van der Waals surface area contributed by atoms with Crippen molar-refractivity contribution in [3.8, 4) is 11.6 Å². The van der Waals surface area contributed by atoms with Gasteiger partial charge in [0.15, 0.2) is 5.75 Å². The molecule has 96 valence electrons. The summed E-state index contributed by atoms with van der Waals surface area (Å²) in [6, 6.07) is 4.09. The molecule has 4 nitrogen and oxygen atoms in total. The van der Waals surface area contributed by atoms with Crippen LogP contribution in [0.2, 0.25) is 0 Å². The minimum Gasteiger partial charge on any atom is -0.436 e. The quantitative estimate of drug-likeness (QED) is 0.792. The van der Waals surface area contributed by atoms with Gasteiger partial charge in [-0.05, 0) is 32.4 Å². The molecule has 18 heavy (non-hydrogen) atoms. The van der Waals surface area contributed by atoms with Crippen molar-refractivity contribution in [1.82, 2.24) is 14.8 Å². The number of hydrogen-bond acceptors (Lipinski definition) is 3. The third-order valence-corrected chi connectivity index (χ3v) is 2.78. The molecule has 5 heteroatoms. The number of nitrogens with zero attached hydrogens (tertiary/aromatic N) is 3. The Morgan fingerprint density at radius 2 is 2.17 bits per heavy atom. The van der Waals surface area contributed by atoms with Crippen LogP contribution in [-0.2, 0) is 5.88 Å². The normalized spacial score (nSPS) is 10.9. The standard InChI is InChI=1S/C13H16ClN3O/c1-9(2)17-8-12(7-15-17)18-13-5-11(6-14)4-10(3)16-13/h4-5,7-9H,6H2,1-3H3. The third-order valence-electron chi connectivity index (χ3n) is 2.47. The maximum Gasteiger partial charge on any atom is 0.219 e. The topological polar surface area (TPSA) is 39.9 Å². The van der Waals surface area contributed by atoms with E-state index in [0.717, 1.165) is 11.3 Å². The molecule has 0 N–H and O–H groups in total. The van der Waals surface area contributed by atoms with E-state index in [1.165, 1.54) is 0 Å². The Hall–Kier alpha value is -1.55. The Labute approximate surface area is 112 Å². The van der Waals surface area contributed by atoms with Gasteiger partial charge in [-0.15, -0.1) is 11.6 Å². The van der Waals surface area contributed by atoms with Crippen molar-refractivity contribution in [2.24, 2.45) is 0 Å². The van der Waals surface area contributed by atoms with Crippen molar-refractivity contribution in [3.05, 3.63) is 35.8 Å². The van der Waals surface area contributed by atoms with Gasteiger partial charge in [0.1, 0.15) is 0 Å². The number of alkyl halides is 1. The van der Waals surface area contributed by atoms with Crippen LogP contribution in [0.3, 0.4) is 0 Å². The van der Waals surface area contributed by atoms with Gasteiger partial charge in [0.05, 0.1) is 12.4 Å². The van der Waals surface area contributed by atoms with Gasteiger partial charge in [-0.3, -0.25) is 4.68 Å². The molecule has 2 aromatic heterocycles. The fraction of sp³-hybridized carbons (Fsp3) is 0.385. The Kier molecular flexibility index (Phi) is 3.87. The maximum atomic E-state index is 5.82. The van der Waals surface area contributed by atoms with E-state index in [1.54, 1.807) is 6.20 Å². The highest BCUT2D eigenvalue weighted by atomic mass is 35.5. The van der Waals surface area contributed by atoms with Crippen LogP contribution in [0.25, 0.3) is 0 Å². The number of pyridine rings is 1. The summed E-state index contributed by atoms with van der Waals surface area (Å²) < 4.78 is 7.52. The molecule has 0 amide bonds. The summed E-state index contributed by atoms with van der Waals surface area (Å²) in [6.45, 7) is 6.04. The summed E-state index contributed by atoms with van der Waals surface area (Å²) in [5, 5.41) is 4.21. The fourth-order valence-corrected chi connectivity index (χ4v) is 1.77. The summed E-state index contributed by atoms with van der Waals surface area (Å²) in [7, 11) is 0. The van der Waals surface area contributed by atoms with Crippen LogP contribution < -0.4 is 4.74 Å². The monoisotopic (exact) mass is 265 g/mol. The second-order valence-electron chi connectivity index (χ2n) is 4.44. The molecule has 2 aromatic rings. The average molecular weight is 266 g/mol. The lowest BCUT2D eigenvalue weighted by Gasteiger charge is -2.05. The number of hydrogen-bond donors (Lipinski definition) is 0. The zero-order valence-electron chi connectivity index (χ0n) is 10.7. The van der Waals surface area contributed by atoms with Crippen LogP contribution >= 0.6 is 11.6 Å². The second-order valence-corrected chi connectivity index (χ2v) is 4.71. The van der Waals surface area contributed by atoms with Crippen LogP contribution in [0.5, 0.6) is 11.6 Å². The van der Waals surface area contributed by atoms with Gasteiger partial charge in [0, 0.05) is 23.7 Å². The Morgan fingerprint density at radius 3 is 2.78 bits per heavy atom. The molecule has 0 fully saturated rings. The van der Waals surface area contributed by atoms with Gasteiger partial charge in [-0.25, -0.2) is 4.98 Å². The van der Waals surface area contributed by atoms with Gasteiger partial charge in [-0.2, -0.15) is 5.10 Å². The highest BCUT2D eigenvalue weighted by Gasteiger charge is 2.06. The van der Waals surface area contributed by atoms with Crippen molar-refractivity contribution in [3.63, 3.8) is 0 Å². The smallest absolute Gasteiger partial charge is 0.219 e. The first kappa shape index (κ1) is 12.9. The predicted molar refractivity (Wildman–Crippen MR) is 71.2 cm³/mol. The lowest BCUT2D eigenvalue weighted by atomic mass is 10.2. The van der Waals surface area contributed by atoms with E-state index in [1.807, 2.05) is 29.9 Å². The number of aromatic nitrogens is 3. The Morgan fingerprint density at radius 1 is 1.39 bits per heavy atom. The van der Waals surface area contributed by atoms with Crippen molar-refractivity contribution >= 4 is 11.6 Å². The van der Waals surface area contributed by atoms with E-state index in [0.29, 0.717) is 23.6 Å². The molecular weight excluding hydrogens is 250 g/mol. The molecule has 0 saturated heterocycles. The van der Waals surface area contributed by atoms with Crippen molar-refractivity contribution < 1.29 is 4.74 Å². The highest BCUT2D eigenvalue weighted by Crippen LogP contribution is 2.22. The molecule has 2 heterocycles. The molecule has 0 radical (unpaired) electrons. The summed E-state index contributed by atoms with van der Waals surface area (Å²) in [5.41, 5.74) is 1.88. The first-order valence-corrected chi connectivity index (χ1v) is 6.37. The Bertz CT molecular complexity index is 537. The lowest BCUT2D eigenvalue weighted by molar-refractivity contribution is 0.457. The number of rotatable bonds is 4. The van der Waals surface area contributed by atoms with E-state index in [2.05, 4.69) is 23.9 Å². The van der Waals surface area contributed by atoms with Crippen LogP contribution in [0.1, 0.15) is 31.1 Å². The number of halogens is 1. The molecule has 0 spiro atoms. The first-order chi connectivity index (χ1) is 8.58. The average Bonchev–Trinajstić information content (AvgIpc) is 2.76. The minimum absolute atomic E-state index is 0.311. The fourth-order valence-electron chi connectivity index (χ4n) is 1.61. The number of ether oxygens (including phenoxy) is 1. The second kappa shape index (κ2) is 5.40. The summed E-state index contributed by atoms with van der Waals surface area (Å²) >= 11 is 5.82. The Balaban J connectivity index is 2.19. The van der Waals surface area contributed by atoms with Crippen molar-refractivity contribution in [1.29, 1.82) is 0 Å². The molecule has 0 aliphatic carbocycles. The van der Waals surface area contributed by atoms with E-state index < -0.39 is 0 Å². The SMILES string of the molecule is Cc1cc(CCl)cc(Oc2cnn(C(C)C)c2)n1. The van der Waals surface area contributed by atoms with Crippen LogP contribution in [0, 0.1) is 6.92 Å². The molecule has 0 unspecified atom stereocenters. The first-order valence-electron chi connectivity index (χ1n) is 5.84. The summed E-state index contributed by atoms with van der Waals surface area (Å²) in [5.74, 6) is 1.68. The maximum absolute atomic E-state index is 5.82. The van der Waals surface area contributed by atoms with Gasteiger partial charge in [0.2, 0.25) is 5.88 Å². The molecule has 0 aliphatic rings. The van der Waals surface area contributed by atoms with Crippen LogP contribution in [0.15, 0.2) is 24.5 Å². The summed E-state index contributed by atoms with van der Waals surface area (Å²) in [6.07, 6.45) is 3.54. The third kappa shape index (κ3) is 3.01. The molecule has 0 aliphatic heterocycles. The molecule has 2 rings (SSSR count). The predicted octanol–water partition coefficient (Wildman–Crippen LogP) is 3.70. The van der Waals surface area contributed by atoms with Gasteiger partial charge in [0.25, 0.3) is 0 Å². The van der Waals surface area contributed by atoms with E-state index >= 15 is 0 Å². The van der Waals surface area contributed by atoms with Gasteiger partial charge >= 0.3 is 0 Å². The van der Waals surface area contributed by atoms with E-state index in [-0.39, 0.29) is 0 Å². The van der Waals surface area contributed by atoms with E-state index in [4.69, 9.17) is 16.3 Å². The van der Waals surface area contributed by atoms with Crippen molar-refractivity contribution in [2.75, 3.05) is 0 Å². The minimum atomic E-state index is 0.311. The largest absolute Gasteiger partial charge is 0.436 e. The van der Waals surface area contributed by atoms with Crippen LogP contribution in [0.4, 0.5) is 0 Å². The molecular formula is C13H16ClN3O. The number of aryl methyl sites for hydroxylation is 1. The van der Waals surface area contributed by atoms with Gasteiger partial charge in [-0.1, -0.05) is 0 Å².